The first-order valence-electron chi connectivity index (χ1n) is 7.72. The molecular weight excluding hydrogens is 282 g/mol. The van der Waals surface area contributed by atoms with E-state index in [9.17, 15) is 4.79 Å². The van der Waals surface area contributed by atoms with E-state index in [1.54, 1.807) is 11.8 Å². The van der Waals surface area contributed by atoms with Gasteiger partial charge < -0.3 is 4.74 Å². The molecule has 0 saturated heterocycles. The van der Waals surface area contributed by atoms with E-state index in [4.69, 9.17) is 4.74 Å². The third-order valence-electron chi connectivity index (χ3n) is 4.14. The first-order chi connectivity index (χ1) is 10.2. The molecule has 1 atom stereocenters. The summed E-state index contributed by atoms with van der Waals surface area (Å²) in [7, 11) is 1.46. The number of hydrogen-bond donors (Lipinski definition) is 1. The molecule has 1 N–H and O–H groups in total. The van der Waals surface area contributed by atoms with Gasteiger partial charge in [0.1, 0.15) is 6.04 Å². The fourth-order valence-electron chi connectivity index (χ4n) is 2.90. The number of benzene rings is 1. The molecule has 0 bridgehead atoms. The minimum atomic E-state index is -0.353. The lowest BCUT2D eigenvalue weighted by molar-refractivity contribution is -0.143. The Balaban J connectivity index is 2.10. The van der Waals surface area contributed by atoms with Gasteiger partial charge in [-0.25, -0.2) is 4.79 Å². The molecule has 1 aromatic carbocycles. The summed E-state index contributed by atoms with van der Waals surface area (Å²) in [6.45, 7) is 0. The molecule has 21 heavy (non-hydrogen) atoms. The van der Waals surface area contributed by atoms with Crippen molar-refractivity contribution in [2.45, 2.75) is 55.5 Å². The van der Waals surface area contributed by atoms with E-state index in [-0.39, 0.29) is 12.0 Å². The SMILES string of the molecule is COC(=O)C(NC1CCCCCC1)c1ccc(SC)cc1. The minimum absolute atomic E-state index is 0.198. The molecule has 4 heteroatoms. The average molecular weight is 307 g/mol. The van der Waals surface area contributed by atoms with Crippen LogP contribution >= 0.6 is 11.8 Å². The number of rotatable bonds is 5. The van der Waals surface area contributed by atoms with Crippen LogP contribution in [0.15, 0.2) is 29.2 Å². The lowest BCUT2D eigenvalue weighted by Crippen LogP contribution is -2.37. The van der Waals surface area contributed by atoms with Crippen molar-refractivity contribution in [2.75, 3.05) is 13.4 Å². The van der Waals surface area contributed by atoms with Gasteiger partial charge in [0.15, 0.2) is 0 Å². The molecule has 3 nitrogen and oxygen atoms in total. The zero-order valence-corrected chi connectivity index (χ0v) is 13.7. The van der Waals surface area contributed by atoms with E-state index in [0.29, 0.717) is 6.04 Å². The van der Waals surface area contributed by atoms with Crippen LogP contribution in [0.25, 0.3) is 0 Å². The molecule has 1 aliphatic rings. The fraction of sp³-hybridized carbons (Fsp3) is 0.588. The molecule has 0 spiro atoms. The summed E-state index contributed by atoms with van der Waals surface area (Å²) in [5, 5.41) is 3.52. The second-order valence-electron chi connectivity index (χ2n) is 5.58. The molecule has 1 saturated carbocycles. The van der Waals surface area contributed by atoms with E-state index in [1.807, 2.05) is 12.1 Å². The Bertz CT molecular complexity index is 439. The van der Waals surface area contributed by atoms with Crippen LogP contribution in [0.1, 0.15) is 50.1 Å². The molecule has 1 unspecified atom stereocenters. The van der Waals surface area contributed by atoms with Crippen molar-refractivity contribution < 1.29 is 9.53 Å². The van der Waals surface area contributed by atoms with Crippen molar-refractivity contribution in [1.82, 2.24) is 5.32 Å². The van der Waals surface area contributed by atoms with Crippen LogP contribution in [-0.2, 0) is 9.53 Å². The van der Waals surface area contributed by atoms with Gasteiger partial charge in [-0.15, -0.1) is 11.8 Å². The average Bonchev–Trinajstić information content (AvgIpc) is 2.80. The molecule has 0 heterocycles. The zero-order chi connectivity index (χ0) is 15.1. The first kappa shape index (κ1) is 16.4. The lowest BCUT2D eigenvalue weighted by atomic mass is 10.0. The molecule has 1 aliphatic carbocycles. The maximum absolute atomic E-state index is 12.1. The Morgan fingerprint density at radius 1 is 1.19 bits per heavy atom. The fourth-order valence-corrected chi connectivity index (χ4v) is 3.30. The molecular formula is C17H25NO2S. The number of methoxy groups -OCH3 is 1. The maximum atomic E-state index is 12.1. The van der Waals surface area contributed by atoms with Crippen LogP contribution in [0.4, 0.5) is 0 Å². The summed E-state index contributed by atoms with van der Waals surface area (Å²) in [5.74, 6) is -0.198. The molecule has 0 aliphatic heterocycles. The predicted octanol–water partition coefficient (Wildman–Crippen LogP) is 3.94. The summed E-state index contributed by atoms with van der Waals surface area (Å²) in [6, 6.07) is 8.23. The molecule has 1 fully saturated rings. The smallest absolute Gasteiger partial charge is 0.327 e. The third kappa shape index (κ3) is 4.75. The van der Waals surface area contributed by atoms with Crippen molar-refractivity contribution in [3.63, 3.8) is 0 Å². The van der Waals surface area contributed by atoms with E-state index >= 15 is 0 Å². The molecule has 0 aromatic heterocycles. The summed E-state index contributed by atoms with van der Waals surface area (Å²) < 4.78 is 4.99. The summed E-state index contributed by atoms with van der Waals surface area (Å²) in [5.41, 5.74) is 0.990. The Hall–Kier alpha value is -1.00. The monoisotopic (exact) mass is 307 g/mol. The standard InChI is InChI=1S/C17H25NO2S/c1-20-17(19)16(13-9-11-15(21-2)12-10-13)18-14-7-5-3-4-6-8-14/h9-12,14,16,18H,3-8H2,1-2H3. The van der Waals surface area contributed by atoms with Crippen molar-refractivity contribution in [2.24, 2.45) is 0 Å². The van der Waals surface area contributed by atoms with Crippen LogP contribution in [0.5, 0.6) is 0 Å². The molecule has 0 amide bonds. The number of hydrogen-bond acceptors (Lipinski definition) is 4. The van der Waals surface area contributed by atoms with Gasteiger partial charge in [-0.2, -0.15) is 0 Å². The second-order valence-corrected chi connectivity index (χ2v) is 6.46. The highest BCUT2D eigenvalue weighted by Gasteiger charge is 2.25. The van der Waals surface area contributed by atoms with Crippen LogP contribution in [0, 0.1) is 0 Å². The summed E-state index contributed by atoms with van der Waals surface area (Å²) in [6.07, 6.45) is 9.46. The van der Waals surface area contributed by atoms with Gasteiger partial charge in [0, 0.05) is 10.9 Å². The van der Waals surface area contributed by atoms with E-state index in [0.717, 1.165) is 18.4 Å². The first-order valence-corrected chi connectivity index (χ1v) is 8.95. The van der Waals surface area contributed by atoms with Crippen LogP contribution in [0.2, 0.25) is 0 Å². The quantitative estimate of drug-likeness (QED) is 0.508. The van der Waals surface area contributed by atoms with Crippen LogP contribution < -0.4 is 5.32 Å². The van der Waals surface area contributed by atoms with E-state index < -0.39 is 0 Å². The lowest BCUT2D eigenvalue weighted by Gasteiger charge is -2.23. The normalized spacial score (nSPS) is 18.0. The van der Waals surface area contributed by atoms with Crippen LogP contribution in [0.3, 0.4) is 0 Å². The van der Waals surface area contributed by atoms with E-state index in [1.165, 1.54) is 37.7 Å². The Kier molecular flexibility index (Phi) is 6.58. The largest absolute Gasteiger partial charge is 0.468 e. The van der Waals surface area contributed by atoms with E-state index in [2.05, 4.69) is 23.7 Å². The summed E-state index contributed by atoms with van der Waals surface area (Å²) in [4.78, 5) is 13.3. The van der Waals surface area contributed by atoms with Gasteiger partial charge >= 0.3 is 5.97 Å². The number of nitrogens with one attached hydrogen (secondary N) is 1. The number of carbonyl (C=O) groups excluding carboxylic acids is 1. The van der Waals surface area contributed by atoms with Crippen molar-refractivity contribution in [3.8, 4) is 0 Å². The van der Waals surface area contributed by atoms with Gasteiger partial charge in [-0.05, 0) is 36.8 Å². The van der Waals surface area contributed by atoms with Gasteiger partial charge in [-0.1, -0.05) is 37.8 Å². The van der Waals surface area contributed by atoms with Gasteiger partial charge in [0.2, 0.25) is 0 Å². The predicted molar refractivity (Wildman–Crippen MR) is 87.6 cm³/mol. The van der Waals surface area contributed by atoms with Gasteiger partial charge in [0.05, 0.1) is 7.11 Å². The second kappa shape index (κ2) is 8.44. The van der Waals surface area contributed by atoms with Gasteiger partial charge in [0.25, 0.3) is 0 Å². The highest BCUT2D eigenvalue weighted by atomic mass is 32.2. The maximum Gasteiger partial charge on any atom is 0.327 e. The van der Waals surface area contributed by atoms with Crippen molar-refractivity contribution in [3.05, 3.63) is 29.8 Å². The van der Waals surface area contributed by atoms with Gasteiger partial charge in [-0.3, -0.25) is 5.32 Å². The minimum Gasteiger partial charge on any atom is -0.468 e. The number of thioether (sulfide) groups is 1. The van der Waals surface area contributed by atoms with Crippen molar-refractivity contribution >= 4 is 17.7 Å². The molecule has 2 rings (SSSR count). The number of ether oxygens (including phenoxy) is 1. The molecule has 116 valence electrons. The number of carbonyl (C=O) groups is 1. The Labute approximate surface area is 131 Å². The molecule has 0 radical (unpaired) electrons. The highest BCUT2D eigenvalue weighted by molar-refractivity contribution is 7.98. The topological polar surface area (TPSA) is 38.3 Å². The summed E-state index contributed by atoms with van der Waals surface area (Å²) >= 11 is 1.71. The van der Waals surface area contributed by atoms with Crippen LogP contribution in [-0.4, -0.2) is 25.4 Å². The Morgan fingerprint density at radius 2 is 1.81 bits per heavy atom. The highest BCUT2D eigenvalue weighted by Crippen LogP contribution is 2.24. The third-order valence-corrected chi connectivity index (χ3v) is 4.89. The molecule has 1 aromatic rings. The Morgan fingerprint density at radius 3 is 2.33 bits per heavy atom. The van der Waals surface area contributed by atoms with Crippen molar-refractivity contribution in [1.29, 1.82) is 0 Å². The number of esters is 1. The zero-order valence-electron chi connectivity index (χ0n) is 12.9.